The summed E-state index contributed by atoms with van der Waals surface area (Å²) < 4.78 is 7.94. The van der Waals surface area contributed by atoms with Gasteiger partial charge in [-0.1, -0.05) is 6.07 Å². The smallest absolute Gasteiger partial charge is 0.153 e. The molecular formula is C11H10BrNO2. The lowest BCUT2D eigenvalue weighted by atomic mass is 10.2. The summed E-state index contributed by atoms with van der Waals surface area (Å²) in [6.45, 7) is 0. The Bertz CT molecular complexity index is 531. The minimum absolute atomic E-state index is 0.630. The van der Waals surface area contributed by atoms with Gasteiger partial charge >= 0.3 is 0 Å². The van der Waals surface area contributed by atoms with Crippen LogP contribution in [0.25, 0.3) is 10.9 Å². The van der Waals surface area contributed by atoms with Crippen LogP contribution < -0.4 is 4.74 Å². The van der Waals surface area contributed by atoms with Crippen molar-refractivity contribution in [2.75, 3.05) is 7.11 Å². The highest BCUT2D eigenvalue weighted by Crippen LogP contribution is 2.34. The van der Waals surface area contributed by atoms with Crippen LogP contribution >= 0.6 is 15.9 Å². The number of hydrogen-bond acceptors (Lipinski definition) is 2. The summed E-state index contributed by atoms with van der Waals surface area (Å²) in [5.41, 5.74) is 1.60. The van der Waals surface area contributed by atoms with E-state index in [0.717, 1.165) is 27.5 Å². The first-order valence-electron chi connectivity index (χ1n) is 4.46. The second-order valence-corrected chi connectivity index (χ2v) is 3.99. The van der Waals surface area contributed by atoms with E-state index in [1.807, 2.05) is 29.8 Å². The fraction of sp³-hybridized carbons (Fsp3) is 0.182. The topological polar surface area (TPSA) is 31.2 Å². The highest BCUT2D eigenvalue weighted by atomic mass is 79.9. The van der Waals surface area contributed by atoms with Crippen LogP contribution in [0, 0.1) is 0 Å². The number of carbonyl (C=O) groups excluding carboxylic acids is 1. The molecule has 0 spiro atoms. The third-order valence-electron chi connectivity index (χ3n) is 2.49. The third-order valence-corrected chi connectivity index (χ3v) is 3.45. The standard InChI is InChI=1S/C11H10BrNO2/c1-13-8-4-3-5-9(15-2)10(8)7(6-14)11(13)12/h3-6H,1-2H3. The molecule has 0 bridgehead atoms. The van der Waals surface area contributed by atoms with E-state index in [-0.39, 0.29) is 0 Å². The number of benzene rings is 1. The summed E-state index contributed by atoms with van der Waals surface area (Å²) in [5.74, 6) is 0.718. The molecule has 0 fully saturated rings. The van der Waals surface area contributed by atoms with Crippen LogP contribution in [0.5, 0.6) is 5.75 Å². The number of nitrogens with zero attached hydrogens (tertiary/aromatic N) is 1. The van der Waals surface area contributed by atoms with Crippen LogP contribution in [-0.2, 0) is 7.05 Å². The Balaban J connectivity index is 2.97. The Morgan fingerprint density at radius 2 is 2.20 bits per heavy atom. The van der Waals surface area contributed by atoms with Gasteiger partial charge in [-0.05, 0) is 28.1 Å². The maximum Gasteiger partial charge on any atom is 0.153 e. The number of methoxy groups -OCH3 is 1. The molecule has 1 aromatic heterocycles. The van der Waals surface area contributed by atoms with E-state index in [1.54, 1.807) is 7.11 Å². The van der Waals surface area contributed by atoms with E-state index < -0.39 is 0 Å². The molecule has 0 radical (unpaired) electrons. The molecule has 0 N–H and O–H groups in total. The molecule has 0 aliphatic heterocycles. The molecule has 0 aliphatic carbocycles. The van der Waals surface area contributed by atoms with Gasteiger partial charge in [0.1, 0.15) is 5.75 Å². The van der Waals surface area contributed by atoms with E-state index >= 15 is 0 Å². The van der Waals surface area contributed by atoms with Gasteiger partial charge in [-0.3, -0.25) is 4.79 Å². The van der Waals surface area contributed by atoms with Gasteiger partial charge in [0.2, 0.25) is 0 Å². The first-order chi connectivity index (χ1) is 7.20. The van der Waals surface area contributed by atoms with Crippen LogP contribution in [-0.4, -0.2) is 18.0 Å². The average Bonchev–Trinajstić information content (AvgIpc) is 2.52. The van der Waals surface area contributed by atoms with Crippen molar-refractivity contribution in [2.45, 2.75) is 0 Å². The molecule has 0 unspecified atom stereocenters. The first kappa shape index (κ1) is 10.2. The summed E-state index contributed by atoms with van der Waals surface area (Å²) in [7, 11) is 3.50. The highest BCUT2D eigenvalue weighted by Gasteiger charge is 2.15. The van der Waals surface area contributed by atoms with Crippen LogP contribution in [0.15, 0.2) is 22.8 Å². The Morgan fingerprint density at radius 3 is 2.80 bits per heavy atom. The minimum Gasteiger partial charge on any atom is -0.496 e. The zero-order valence-corrected chi connectivity index (χ0v) is 10.0. The summed E-state index contributed by atoms with van der Waals surface area (Å²) in [4.78, 5) is 11.0. The quantitative estimate of drug-likeness (QED) is 0.784. The van der Waals surface area contributed by atoms with Crippen LogP contribution in [0.2, 0.25) is 0 Å². The molecule has 1 heterocycles. The molecule has 3 nitrogen and oxygen atoms in total. The molecule has 1 aromatic carbocycles. The summed E-state index contributed by atoms with van der Waals surface area (Å²) in [5, 5.41) is 0.851. The van der Waals surface area contributed by atoms with Crippen molar-refractivity contribution in [3.05, 3.63) is 28.4 Å². The highest BCUT2D eigenvalue weighted by molar-refractivity contribution is 9.10. The Kier molecular flexibility index (Phi) is 2.52. The molecular weight excluding hydrogens is 258 g/mol. The molecule has 0 aliphatic rings. The van der Waals surface area contributed by atoms with Gasteiger partial charge in [0, 0.05) is 7.05 Å². The maximum atomic E-state index is 11.0. The van der Waals surface area contributed by atoms with Crippen molar-refractivity contribution in [1.82, 2.24) is 4.57 Å². The van der Waals surface area contributed by atoms with Gasteiger partial charge in [-0.15, -0.1) is 0 Å². The first-order valence-corrected chi connectivity index (χ1v) is 5.26. The lowest BCUT2D eigenvalue weighted by molar-refractivity contribution is 0.112. The zero-order chi connectivity index (χ0) is 11.0. The lowest BCUT2D eigenvalue weighted by Gasteiger charge is -2.02. The van der Waals surface area contributed by atoms with E-state index in [1.165, 1.54) is 0 Å². The predicted molar refractivity (Wildman–Crippen MR) is 62.6 cm³/mol. The SMILES string of the molecule is COc1cccc2c1c(C=O)c(Br)n2C. The van der Waals surface area contributed by atoms with Crippen molar-refractivity contribution in [2.24, 2.45) is 7.05 Å². The molecule has 4 heteroatoms. The van der Waals surface area contributed by atoms with Crippen LogP contribution in [0.3, 0.4) is 0 Å². The zero-order valence-electron chi connectivity index (χ0n) is 8.45. The Morgan fingerprint density at radius 1 is 1.47 bits per heavy atom. The van der Waals surface area contributed by atoms with Crippen LogP contribution in [0.1, 0.15) is 10.4 Å². The molecule has 2 rings (SSSR count). The molecule has 78 valence electrons. The number of fused-ring (bicyclic) bond motifs is 1. The fourth-order valence-electron chi connectivity index (χ4n) is 1.74. The normalized spacial score (nSPS) is 10.6. The van der Waals surface area contributed by atoms with E-state index in [2.05, 4.69) is 15.9 Å². The number of rotatable bonds is 2. The van der Waals surface area contributed by atoms with Crippen molar-refractivity contribution in [1.29, 1.82) is 0 Å². The second kappa shape index (κ2) is 3.70. The Labute approximate surface area is 95.8 Å². The number of aryl methyl sites for hydroxylation is 1. The summed E-state index contributed by atoms with van der Waals surface area (Å²) in [6.07, 6.45) is 0.842. The van der Waals surface area contributed by atoms with E-state index in [9.17, 15) is 4.79 Å². The van der Waals surface area contributed by atoms with Gasteiger partial charge in [-0.25, -0.2) is 0 Å². The number of hydrogen-bond donors (Lipinski definition) is 0. The van der Waals surface area contributed by atoms with Gasteiger partial charge in [0.05, 0.1) is 28.2 Å². The van der Waals surface area contributed by atoms with E-state index in [4.69, 9.17) is 4.74 Å². The minimum atomic E-state index is 0.630. The van der Waals surface area contributed by atoms with Gasteiger partial charge in [0.15, 0.2) is 6.29 Å². The number of carbonyl (C=O) groups is 1. The summed E-state index contributed by atoms with van der Waals surface area (Å²) >= 11 is 3.39. The molecule has 2 aromatic rings. The fourth-order valence-corrected chi connectivity index (χ4v) is 2.22. The molecule has 0 saturated heterocycles. The van der Waals surface area contributed by atoms with Gasteiger partial charge < -0.3 is 9.30 Å². The van der Waals surface area contributed by atoms with Crippen molar-refractivity contribution >= 4 is 33.1 Å². The number of halogens is 1. The Hall–Kier alpha value is -1.29. The molecule has 15 heavy (non-hydrogen) atoms. The molecule has 0 atom stereocenters. The van der Waals surface area contributed by atoms with Crippen molar-refractivity contribution in [3.63, 3.8) is 0 Å². The number of ether oxygens (including phenoxy) is 1. The number of aromatic nitrogens is 1. The summed E-state index contributed by atoms with van der Waals surface area (Å²) in [6, 6.07) is 5.71. The van der Waals surface area contributed by atoms with Gasteiger partial charge in [0.25, 0.3) is 0 Å². The van der Waals surface area contributed by atoms with Crippen molar-refractivity contribution < 1.29 is 9.53 Å². The molecule has 0 amide bonds. The third kappa shape index (κ3) is 1.36. The predicted octanol–water partition coefficient (Wildman–Crippen LogP) is 2.76. The van der Waals surface area contributed by atoms with Crippen LogP contribution in [0.4, 0.5) is 0 Å². The largest absolute Gasteiger partial charge is 0.496 e. The maximum absolute atomic E-state index is 11.0. The number of aldehydes is 1. The van der Waals surface area contributed by atoms with Gasteiger partial charge in [-0.2, -0.15) is 0 Å². The molecule has 0 saturated carbocycles. The van der Waals surface area contributed by atoms with E-state index in [0.29, 0.717) is 5.56 Å². The average molecular weight is 268 g/mol. The van der Waals surface area contributed by atoms with Crippen molar-refractivity contribution in [3.8, 4) is 5.75 Å². The second-order valence-electron chi connectivity index (χ2n) is 3.24. The monoisotopic (exact) mass is 267 g/mol. The lowest BCUT2D eigenvalue weighted by Crippen LogP contribution is -1.87.